The van der Waals surface area contributed by atoms with Gasteiger partial charge in [-0.25, -0.2) is 9.50 Å². The van der Waals surface area contributed by atoms with Gasteiger partial charge < -0.3 is 9.80 Å². The number of nitrogens with zero attached hydrogens (tertiary/aromatic N) is 5. The maximum atomic E-state index is 13.7. The minimum Gasteiger partial charge on any atom is -0.340 e. The molecular formula is C20H18Cl2F3N5O. The number of hydrogen-bond acceptors (Lipinski definition) is 4. The average molecular weight is 472 g/mol. The fourth-order valence-electron chi connectivity index (χ4n) is 3.44. The fraction of sp³-hybridized carbons (Fsp3) is 0.350. The monoisotopic (exact) mass is 471 g/mol. The summed E-state index contributed by atoms with van der Waals surface area (Å²) in [5.74, 6) is -0.172. The molecule has 1 aliphatic heterocycles. The van der Waals surface area contributed by atoms with E-state index >= 15 is 0 Å². The summed E-state index contributed by atoms with van der Waals surface area (Å²) in [6.45, 7) is 2.67. The number of alkyl halides is 3. The molecule has 3 heterocycles. The van der Waals surface area contributed by atoms with E-state index < -0.39 is 11.9 Å². The molecule has 0 saturated carbocycles. The Morgan fingerprint density at radius 1 is 1.06 bits per heavy atom. The van der Waals surface area contributed by atoms with E-state index in [1.165, 1.54) is 18.2 Å². The van der Waals surface area contributed by atoms with Crippen LogP contribution in [0.1, 0.15) is 11.4 Å². The highest BCUT2D eigenvalue weighted by Gasteiger charge is 2.35. The van der Waals surface area contributed by atoms with Crippen molar-refractivity contribution < 1.29 is 18.0 Å². The summed E-state index contributed by atoms with van der Waals surface area (Å²) in [5, 5.41) is 4.52. The van der Waals surface area contributed by atoms with Crippen molar-refractivity contribution in [3.8, 4) is 11.3 Å². The Kier molecular flexibility index (Phi) is 5.85. The van der Waals surface area contributed by atoms with E-state index in [1.807, 2.05) is 7.05 Å². The Bertz CT molecular complexity index is 1140. The van der Waals surface area contributed by atoms with Crippen molar-refractivity contribution in [1.29, 1.82) is 0 Å². The van der Waals surface area contributed by atoms with E-state index in [0.717, 1.165) is 23.7 Å². The third-order valence-electron chi connectivity index (χ3n) is 5.17. The van der Waals surface area contributed by atoms with Crippen LogP contribution in [0.25, 0.3) is 16.9 Å². The third-order valence-corrected chi connectivity index (χ3v) is 5.91. The molecule has 0 atom stereocenters. The maximum absolute atomic E-state index is 13.7. The standard InChI is InChI=1S/C20H18Cl2F3N5O/c1-28-4-6-29(7-5-28)19(31)10-13-9-18-26-16(12-2-3-14(21)15(22)8-12)11-17(20(23,24)25)30(18)27-13/h2-3,8-9,11H,4-7,10H2,1H3. The average Bonchev–Trinajstić information content (AvgIpc) is 3.11. The van der Waals surface area contributed by atoms with Crippen LogP contribution < -0.4 is 0 Å². The van der Waals surface area contributed by atoms with Gasteiger partial charge in [-0.15, -0.1) is 0 Å². The van der Waals surface area contributed by atoms with Gasteiger partial charge in [0.15, 0.2) is 11.3 Å². The SMILES string of the molecule is CN1CCN(C(=O)Cc2cc3nc(-c4ccc(Cl)c(Cl)c4)cc(C(F)(F)F)n3n2)CC1. The van der Waals surface area contributed by atoms with E-state index in [1.54, 1.807) is 11.0 Å². The molecule has 4 rings (SSSR count). The zero-order chi connectivity index (χ0) is 22.3. The fourth-order valence-corrected chi connectivity index (χ4v) is 3.73. The topological polar surface area (TPSA) is 53.7 Å². The summed E-state index contributed by atoms with van der Waals surface area (Å²) in [5.41, 5.74) is -0.295. The van der Waals surface area contributed by atoms with E-state index in [4.69, 9.17) is 23.2 Å². The lowest BCUT2D eigenvalue weighted by molar-refractivity contribution is -0.142. The van der Waals surface area contributed by atoms with Gasteiger partial charge in [0, 0.05) is 37.8 Å². The van der Waals surface area contributed by atoms with Gasteiger partial charge in [0.25, 0.3) is 0 Å². The molecule has 0 unspecified atom stereocenters. The van der Waals surface area contributed by atoms with Crippen LogP contribution in [0.3, 0.4) is 0 Å². The van der Waals surface area contributed by atoms with Gasteiger partial charge in [-0.3, -0.25) is 4.79 Å². The minimum atomic E-state index is -4.67. The summed E-state index contributed by atoms with van der Waals surface area (Å²) >= 11 is 11.9. The first-order chi connectivity index (χ1) is 14.6. The van der Waals surface area contributed by atoms with Gasteiger partial charge in [-0.1, -0.05) is 29.3 Å². The molecule has 164 valence electrons. The number of rotatable bonds is 3. The van der Waals surface area contributed by atoms with Crippen LogP contribution in [0.15, 0.2) is 30.3 Å². The van der Waals surface area contributed by atoms with Crippen molar-refractivity contribution >= 4 is 34.8 Å². The number of amides is 1. The Morgan fingerprint density at radius 2 is 1.77 bits per heavy atom. The van der Waals surface area contributed by atoms with Crippen molar-refractivity contribution in [3.63, 3.8) is 0 Å². The molecule has 0 radical (unpaired) electrons. The van der Waals surface area contributed by atoms with Crippen molar-refractivity contribution in [3.05, 3.63) is 51.8 Å². The van der Waals surface area contributed by atoms with E-state index in [2.05, 4.69) is 15.0 Å². The van der Waals surface area contributed by atoms with Crippen molar-refractivity contribution in [2.24, 2.45) is 0 Å². The van der Waals surface area contributed by atoms with Crippen LogP contribution in [-0.4, -0.2) is 63.5 Å². The molecule has 0 aliphatic carbocycles. The lowest BCUT2D eigenvalue weighted by Gasteiger charge is -2.32. The van der Waals surface area contributed by atoms with Gasteiger partial charge >= 0.3 is 6.18 Å². The quantitative estimate of drug-likeness (QED) is 0.578. The highest BCUT2D eigenvalue weighted by molar-refractivity contribution is 6.42. The molecule has 2 aromatic heterocycles. The number of carbonyl (C=O) groups excluding carboxylic acids is 1. The van der Waals surface area contributed by atoms with Gasteiger partial charge in [-0.05, 0) is 25.2 Å². The Balaban J connectivity index is 1.70. The van der Waals surface area contributed by atoms with Crippen LogP contribution in [-0.2, 0) is 17.4 Å². The molecule has 31 heavy (non-hydrogen) atoms. The Morgan fingerprint density at radius 3 is 2.42 bits per heavy atom. The second-order valence-corrected chi connectivity index (χ2v) is 8.23. The van der Waals surface area contributed by atoms with Crippen molar-refractivity contribution in [2.45, 2.75) is 12.6 Å². The minimum absolute atomic E-state index is 0.00271. The number of aromatic nitrogens is 3. The highest BCUT2D eigenvalue weighted by Crippen LogP contribution is 2.34. The molecular weight excluding hydrogens is 454 g/mol. The number of likely N-dealkylation sites (N-methyl/N-ethyl adjacent to an activating group) is 1. The zero-order valence-corrected chi connectivity index (χ0v) is 18.0. The molecule has 0 bridgehead atoms. The van der Waals surface area contributed by atoms with Crippen LogP contribution in [0.5, 0.6) is 0 Å². The molecule has 0 N–H and O–H groups in total. The molecule has 1 fully saturated rings. The molecule has 1 saturated heterocycles. The summed E-state index contributed by atoms with van der Waals surface area (Å²) in [4.78, 5) is 20.7. The van der Waals surface area contributed by atoms with Crippen LogP contribution >= 0.6 is 23.2 Å². The smallest absolute Gasteiger partial charge is 0.340 e. The molecule has 6 nitrogen and oxygen atoms in total. The van der Waals surface area contributed by atoms with Crippen molar-refractivity contribution in [1.82, 2.24) is 24.4 Å². The number of fused-ring (bicyclic) bond motifs is 1. The van der Waals surface area contributed by atoms with Gasteiger partial charge in [-0.2, -0.15) is 18.3 Å². The third kappa shape index (κ3) is 4.63. The molecule has 1 amide bonds. The van der Waals surface area contributed by atoms with Gasteiger partial charge in [0.05, 0.1) is 27.9 Å². The number of halogens is 5. The number of hydrogen-bond donors (Lipinski definition) is 0. The van der Waals surface area contributed by atoms with E-state index in [-0.39, 0.29) is 39.4 Å². The van der Waals surface area contributed by atoms with Crippen LogP contribution in [0.4, 0.5) is 13.2 Å². The Hall–Kier alpha value is -2.36. The highest BCUT2D eigenvalue weighted by atomic mass is 35.5. The normalized spacial score (nSPS) is 15.6. The summed E-state index contributed by atoms with van der Waals surface area (Å²) < 4.78 is 42.0. The number of benzene rings is 1. The maximum Gasteiger partial charge on any atom is 0.433 e. The summed E-state index contributed by atoms with van der Waals surface area (Å²) in [6, 6.07) is 6.81. The largest absolute Gasteiger partial charge is 0.433 e. The van der Waals surface area contributed by atoms with E-state index in [0.29, 0.717) is 18.7 Å². The van der Waals surface area contributed by atoms with Crippen LogP contribution in [0.2, 0.25) is 10.0 Å². The Labute approximate surface area is 186 Å². The number of piperazine rings is 1. The molecule has 1 aliphatic rings. The lowest BCUT2D eigenvalue weighted by Crippen LogP contribution is -2.47. The zero-order valence-electron chi connectivity index (χ0n) is 16.5. The first kappa shape index (κ1) is 21.9. The molecule has 11 heteroatoms. The molecule has 3 aromatic rings. The first-order valence-electron chi connectivity index (χ1n) is 9.50. The van der Waals surface area contributed by atoms with Crippen LogP contribution in [0, 0.1) is 0 Å². The lowest BCUT2D eigenvalue weighted by atomic mass is 10.1. The van der Waals surface area contributed by atoms with E-state index in [9.17, 15) is 18.0 Å². The second kappa shape index (κ2) is 8.29. The predicted molar refractivity (Wildman–Crippen MR) is 111 cm³/mol. The molecule has 0 spiro atoms. The molecule has 1 aromatic carbocycles. The second-order valence-electron chi connectivity index (χ2n) is 7.42. The summed E-state index contributed by atoms with van der Waals surface area (Å²) in [7, 11) is 1.97. The summed E-state index contributed by atoms with van der Waals surface area (Å²) in [6.07, 6.45) is -4.76. The van der Waals surface area contributed by atoms with Gasteiger partial charge in [0.1, 0.15) is 0 Å². The number of carbonyl (C=O) groups is 1. The first-order valence-corrected chi connectivity index (χ1v) is 10.3. The van der Waals surface area contributed by atoms with Gasteiger partial charge in [0.2, 0.25) is 5.91 Å². The predicted octanol–water partition coefficient (Wildman–Crippen LogP) is 4.04. The van der Waals surface area contributed by atoms with Crippen molar-refractivity contribution in [2.75, 3.05) is 33.2 Å².